The van der Waals surface area contributed by atoms with Crippen LogP contribution in [0.4, 0.5) is 0 Å². The number of hydrogen-bond donors (Lipinski definition) is 2. The zero-order valence-electron chi connectivity index (χ0n) is 11.8. The predicted molar refractivity (Wildman–Crippen MR) is 83.4 cm³/mol. The number of halogens is 1. The van der Waals surface area contributed by atoms with Crippen LogP contribution in [-0.2, 0) is 20.8 Å². The lowest BCUT2D eigenvalue weighted by molar-refractivity contribution is 0.0954. The Labute approximate surface area is 131 Å². The van der Waals surface area contributed by atoms with E-state index in [9.17, 15) is 17.4 Å². The lowest BCUT2D eigenvalue weighted by Gasteiger charge is -2.12. The summed E-state index contributed by atoms with van der Waals surface area (Å²) in [6.45, 7) is 3.53. The van der Waals surface area contributed by atoms with Crippen molar-refractivity contribution < 1.29 is 17.4 Å². The van der Waals surface area contributed by atoms with Crippen LogP contribution in [-0.4, -0.2) is 36.6 Å². The Morgan fingerprint density at radius 2 is 2.05 bits per heavy atom. The number of aryl methyl sites for hydroxylation is 1. The van der Waals surface area contributed by atoms with Gasteiger partial charge in [-0.3, -0.25) is 9.00 Å². The molecule has 0 aliphatic rings. The van der Waals surface area contributed by atoms with Crippen molar-refractivity contribution in [2.45, 2.75) is 24.0 Å². The van der Waals surface area contributed by atoms with Gasteiger partial charge in [0.25, 0.3) is 5.91 Å². The van der Waals surface area contributed by atoms with Crippen LogP contribution in [0.1, 0.15) is 22.8 Å². The molecule has 0 saturated heterocycles. The second-order valence-electron chi connectivity index (χ2n) is 4.67. The predicted octanol–water partition coefficient (Wildman–Crippen LogP) is 0.793. The van der Waals surface area contributed by atoms with Crippen LogP contribution in [0.15, 0.2) is 17.0 Å². The first-order valence-electron chi connectivity index (χ1n) is 5.97. The standard InChI is InChI=1S/C12H17ClN2O4S2/c1-7-4-9(5-10(11(7)13)21(14,18)19)12(16)15-6-8(2)20(3)17/h4-5,8H,6H2,1-3H3,(H,15,16)(H2,14,18,19). The molecule has 0 radical (unpaired) electrons. The molecule has 0 aliphatic heterocycles. The molecule has 6 nitrogen and oxygen atoms in total. The Kier molecular flexibility index (Phi) is 5.92. The van der Waals surface area contributed by atoms with Gasteiger partial charge in [0.2, 0.25) is 10.0 Å². The van der Waals surface area contributed by atoms with Crippen molar-refractivity contribution in [1.82, 2.24) is 5.32 Å². The van der Waals surface area contributed by atoms with E-state index in [4.69, 9.17) is 16.7 Å². The Balaban J connectivity index is 3.07. The average Bonchev–Trinajstić information content (AvgIpc) is 2.36. The van der Waals surface area contributed by atoms with Crippen LogP contribution in [0.2, 0.25) is 5.02 Å². The van der Waals surface area contributed by atoms with Crippen molar-refractivity contribution in [1.29, 1.82) is 0 Å². The van der Waals surface area contributed by atoms with Crippen LogP contribution in [0.3, 0.4) is 0 Å². The van der Waals surface area contributed by atoms with E-state index in [1.165, 1.54) is 6.07 Å². The maximum atomic E-state index is 12.0. The molecule has 9 heteroatoms. The molecular weight excluding hydrogens is 336 g/mol. The molecule has 0 saturated carbocycles. The minimum atomic E-state index is -4.02. The van der Waals surface area contributed by atoms with Crippen LogP contribution < -0.4 is 10.5 Å². The fourth-order valence-electron chi connectivity index (χ4n) is 1.53. The minimum absolute atomic E-state index is 0.00270. The summed E-state index contributed by atoms with van der Waals surface area (Å²) >= 11 is 5.89. The van der Waals surface area contributed by atoms with Gasteiger partial charge in [-0.1, -0.05) is 11.6 Å². The lowest BCUT2D eigenvalue weighted by atomic mass is 10.1. The first-order valence-corrected chi connectivity index (χ1v) is 9.52. The van der Waals surface area contributed by atoms with Gasteiger partial charge >= 0.3 is 0 Å². The molecule has 2 unspecified atom stereocenters. The molecule has 3 N–H and O–H groups in total. The Morgan fingerprint density at radius 1 is 1.48 bits per heavy atom. The SMILES string of the molecule is Cc1cc(C(=O)NCC(C)S(C)=O)cc(S(N)(=O)=O)c1Cl. The van der Waals surface area contributed by atoms with Gasteiger partial charge in [-0.05, 0) is 31.5 Å². The monoisotopic (exact) mass is 352 g/mol. The van der Waals surface area contributed by atoms with Gasteiger partial charge in [0, 0.05) is 34.4 Å². The number of amides is 1. The maximum absolute atomic E-state index is 12.0. The third-order valence-electron chi connectivity index (χ3n) is 2.91. The molecule has 2 atom stereocenters. The minimum Gasteiger partial charge on any atom is -0.351 e. The Hall–Kier alpha value is -0.960. The summed E-state index contributed by atoms with van der Waals surface area (Å²) in [6.07, 6.45) is 1.54. The number of carbonyl (C=O) groups excluding carboxylic acids is 1. The first kappa shape index (κ1) is 18.1. The topological polar surface area (TPSA) is 106 Å². The summed E-state index contributed by atoms with van der Waals surface area (Å²) in [4.78, 5) is 11.7. The van der Waals surface area contributed by atoms with Gasteiger partial charge in [-0.15, -0.1) is 0 Å². The summed E-state index contributed by atoms with van der Waals surface area (Å²) in [5, 5.41) is 7.46. The highest BCUT2D eigenvalue weighted by molar-refractivity contribution is 7.89. The van der Waals surface area contributed by atoms with Gasteiger partial charge in [0.15, 0.2) is 0 Å². The molecule has 0 aromatic heterocycles. The third kappa shape index (κ3) is 4.77. The van der Waals surface area contributed by atoms with Crippen LogP contribution >= 0.6 is 11.6 Å². The van der Waals surface area contributed by atoms with Gasteiger partial charge in [-0.25, -0.2) is 13.6 Å². The van der Waals surface area contributed by atoms with Gasteiger partial charge in [0.05, 0.1) is 5.02 Å². The Morgan fingerprint density at radius 3 is 2.52 bits per heavy atom. The number of carbonyl (C=O) groups is 1. The summed E-state index contributed by atoms with van der Waals surface area (Å²) in [5.74, 6) is -0.475. The number of sulfonamides is 1. The van der Waals surface area contributed by atoms with E-state index in [0.717, 1.165) is 6.07 Å². The van der Waals surface area contributed by atoms with Crippen LogP contribution in [0, 0.1) is 6.92 Å². The highest BCUT2D eigenvalue weighted by Crippen LogP contribution is 2.25. The molecule has 0 bridgehead atoms. The van der Waals surface area contributed by atoms with Crippen LogP contribution in [0.25, 0.3) is 0 Å². The molecule has 0 heterocycles. The molecule has 1 aromatic carbocycles. The highest BCUT2D eigenvalue weighted by atomic mass is 35.5. The molecule has 0 fully saturated rings. The van der Waals surface area contributed by atoms with Gasteiger partial charge in [0.1, 0.15) is 4.90 Å². The quantitative estimate of drug-likeness (QED) is 0.817. The van der Waals surface area contributed by atoms with Crippen molar-refractivity contribution in [2.75, 3.05) is 12.8 Å². The number of primary sulfonamides is 1. The van der Waals surface area contributed by atoms with Gasteiger partial charge < -0.3 is 5.32 Å². The summed E-state index contributed by atoms with van der Waals surface area (Å²) < 4.78 is 34.1. The van der Waals surface area contributed by atoms with E-state index < -0.39 is 26.7 Å². The summed E-state index contributed by atoms with van der Waals surface area (Å²) in [6, 6.07) is 2.60. The summed E-state index contributed by atoms with van der Waals surface area (Å²) in [7, 11) is -5.08. The van der Waals surface area contributed by atoms with Crippen molar-refractivity contribution in [2.24, 2.45) is 5.14 Å². The largest absolute Gasteiger partial charge is 0.351 e. The zero-order valence-corrected chi connectivity index (χ0v) is 14.2. The molecule has 0 aliphatic carbocycles. The van der Waals surface area contributed by atoms with Crippen molar-refractivity contribution >= 4 is 38.3 Å². The smallest absolute Gasteiger partial charge is 0.251 e. The fourth-order valence-corrected chi connectivity index (χ4v) is 2.98. The highest BCUT2D eigenvalue weighted by Gasteiger charge is 2.19. The average molecular weight is 353 g/mol. The van der Waals surface area contributed by atoms with Crippen LogP contribution in [0.5, 0.6) is 0 Å². The van der Waals surface area contributed by atoms with E-state index in [1.54, 1.807) is 20.1 Å². The normalized spacial score (nSPS) is 14.5. The van der Waals surface area contributed by atoms with E-state index in [2.05, 4.69) is 5.32 Å². The van der Waals surface area contributed by atoms with Crippen molar-refractivity contribution in [3.63, 3.8) is 0 Å². The van der Waals surface area contributed by atoms with Crippen molar-refractivity contribution in [3.05, 3.63) is 28.3 Å². The lowest BCUT2D eigenvalue weighted by Crippen LogP contribution is -2.32. The number of nitrogens with two attached hydrogens (primary N) is 1. The molecule has 21 heavy (non-hydrogen) atoms. The number of hydrogen-bond acceptors (Lipinski definition) is 4. The molecule has 1 aromatic rings. The first-order chi connectivity index (χ1) is 9.54. The molecule has 1 rings (SSSR count). The molecule has 0 spiro atoms. The fraction of sp³-hybridized carbons (Fsp3) is 0.417. The van der Waals surface area contributed by atoms with E-state index in [-0.39, 0.29) is 27.3 Å². The Bertz CT molecular complexity index is 689. The van der Waals surface area contributed by atoms with E-state index in [0.29, 0.717) is 5.56 Å². The van der Waals surface area contributed by atoms with Crippen molar-refractivity contribution in [3.8, 4) is 0 Å². The zero-order chi connectivity index (χ0) is 16.4. The second-order valence-corrected chi connectivity index (χ2v) is 8.38. The third-order valence-corrected chi connectivity index (χ3v) is 5.76. The number of nitrogens with one attached hydrogen (secondary N) is 1. The molecule has 1 amide bonds. The van der Waals surface area contributed by atoms with E-state index in [1.807, 2.05) is 0 Å². The summed E-state index contributed by atoms with van der Waals surface area (Å²) in [5.41, 5.74) is 0.565. The molecule has 118 valence electrons. The maximum Gasteiger partial charge on any atom is 0.251 e. The number of benzene rings is 1. The second kappa shape index (κ2) is 6.87. The van der Waals surface area contributed by atoms with E-state index >= 15 is 0 Å². The van der Waals surface area contributed by atoms with Gasteiger partial charge in [-0.2, -0.15) is 0 Å². The number of rotatable bonds is 5. The molecular formula is C12H17ClN2O4S2.